The smallest absolute Gasteiger partial charge is 0.418 e. The molecule has 1 aromatic rings. The predicted molar refractivity (Wildman–Crippen MR) is 84.3 cm³/mol. The molecule has 0 saturated carbocycles. The molecule has 0 aromatic carbocycles. The highest BCUT2D eigenvalue weighted by molar-refractivity contribution is 6.29. The largest absolute Gasteiger partial charge is 0.481 e. The molecular formula is C14H13ClF3N3O6. The normalized spacial score (nSPS) is 12.1. The van der Waals surface area contributed by atoms with E-state index in [1.807, 2.05) is 5.32 Å². The van der Waals surface area contributed by atoms with Crippen molar-refractivity contribution in [3.63, 3.8) is 0 Å². The number of aliphatic carboxylic acids is 2. The molecule has 0 aliphatic heterocycles. The van der Waals surface area contributed by atoms with E-state index in [1.54, 1.807) is 5.32 Å². The minimum atomic E-state index is -5.04. The summed E-state index contributed by atoms with van der Waals surface area (Å²) >= 11 is 5.24. The minimum absolute atomic E-state index is 0.370. The monoisotopic (exact) mass is 411 g/mol. The number of nitrogens with zero attached hydrogens (tertiary/aromatic N) is 1. The van der Waals surface area contributed by atoms with Gasteiger partial charge in [-0.15, -0.1) is 11.6 Å². The van der Waals surface area contributed by atoms with Crippen molar-refractivity contribution in [2.24, 2.45) is 0 Å². The quantitative estimate of drug-likeness (QED) is 0.472. The van der Waals surface area contributed by atoms with Crippen molar-refractivity contribution in [2.75, 3.05) is 11.2 Å². The van der Waals surface area contributed by atoms with Gasteiger partial charge in [-0.2, -0.15) is 13.2 Å². The zero-order valence-electron chi connectivity index (χ0n) is 13.3. The van der Waals surface area contributed by atoms with Crippen molar-refractivity contribution >= 4 is 41.0 Å². The van der Waals surface area contributed by atoms with Crippen LogP contribution in [0, 0.1) is 0 Å². The van der Waals surface area contributed by atoms with Gasteiger partial charge >= 0.3 is 18.1 Å². The number of rotatable bonds is 8. The number of carboxylic acids is 2. The number of halogens is 4. The molecular weight excluding hydrogens is 399 g/mol. The fourth-order valence-corrected chi connectivity index (χ4v) is 1.94. The maximum absolute atomic E-state index is 13.2. The topological polar surface area (TPSA) is 146 Å². The van der Waals surface area contributed by atoms with Crippen molar-refractivity contribution in [1.29, 1.82) is 0 Å². The van der Waals surface area contributed by atoms with E-state index in [-0.39, 0.29) is 5.69 Å². The number of hydrogen-bond donors (Lipinski definition) is 4. The van der Waals surface area contributed by atoms with Gasteiger partial charge in [0.25, 0.3) is 5.91 Å². The van der Waals surface area contributed by atoms with Crippen LogP contribution >= 0.6 is 11.6 Å². The molecule has 9 nitrogen and oxygen atoms in total. The molecule has 27 heavy (non-hydrogen) atoms. The third-order valence-corrected chi connectivity index (χ3v) is 3.31. The average Bonchev–Trinajstić information content (AvgIpc) is 2.56. The lowest BCUT2D eigenvalue weighted by Crippen LogP contribution is -2.42. The molecule has 1 aromatic heterocycles. The molecule has 148 valence electrons. The first-order valence-electron chi connectivity index (χ1n) is 7.14. The summed E-state index contributed by atoms with van der Waals surface area (Å²) in [7, 11) is 0. The highest BCUT2D eigenvalue weighted by Crippen LogP contribution is 2.33. The highest BCUT2D eigenvalue weighted by Gasteiger charge is 2.37. The Morgan fingerprint density at radius 1 is 1.22 bits per heavy atom. The Labute approximate surface area is 154 Å². The zero-order valence-corrected chi connectivity index (χ0v) is 14.1. The Kier molecular flexibility index (Phi) is 7.52. The maximum Gasteiger partial charge on any atom is 0.418 e. The average molecular weight is 412 g/mol. The lowest BCUT2D eigenvalue weighted by molar-refractivity contribution is -0.140. The van der Waals surface area contributed by atoms with Gasteiger partial charge in [-0.05, 0) is 12.5 Å². The van der Waals surface area contributed by atoms with E-state index in [4.69, 9.17) is 21.8 Å². The number of pyridine rings is 1. The molecule has 1 atom stereocenters. The highest BCUT2D eigenvalue weighted by atomic mass is 35.5. The second kappa shape index (κ2) is 9.16. The van der Waals surface area contributed by atoms with E-state index >= 15 is 0 Å². The number of alkyl halides is 4. The molecule has 1 heterocycles. The summed E-state index contributed by atoms with van der Waals surface area (Å²) < 4.78 is 39.6. The van der Waals surface area contributed by atoms with E-state index in [2.05, 4.69) is 4.98 Å². The van der Waals surface area contributed by atoms with Crippen LogP contribution < -0.4 is 10.6 Å². The molecule has 2 amide bonds. The summed E-state index contributed by atoms with van der Waals surface area (Å²) in [6, 6.07) is -1.29. The second-order valence-corrected chi connectivity index (χ2v) is 5.36. The Morgan fingerprint density at radius 3 is 2.33 bits per heavy atom. The van der Waals surface area contributed by atoms with Crippen molar-refractivity contribution in [3.8, 4) is 0 Å². The van der Waals surface area contributed by atoms with Gasteiger partial charge in [-0.1, -0.05) is 0 Å². The SMILES string of the molecule is O=C(O)CC[C@H](NC(=O)c1ncc(NC(=O)CCl)cc1C(F)(F)F)C(=O)O. The zero-order chi connectivity index (χ0) is 20.8. The third-order valence-electron chi connectivity index (χ3n) is 3.06. The van der Waals surface area contributed by atoms with Crippen LogP contribution in [0.5, 0.6) is 0 Å². The molecule has 0 bridgehead atoms. The first kappa shape index (κ1) is 22.2. The van der Waals surface area contributed by atoms with Crippen molar-refractivity contribution < 1.29 is 42.6 Å². The van der Waals surface area contributed by atoms with E-state index in [9.17, 15) is 32.3 Å². The molecule has 0 spiro atoms. The second-order valence-electron chi connectivity index (χ2n) is 5.10. The van der Waals surface area contributed by atoms with Gasteiger partial charge in [-0.25, -0.2) is 9.78 Å². The molecule has 0 aliphatic carbocycles. The summed E-state index contributed by atoms with van der Waals surface area (Å²) in [5, 5.41) is 21.4. The molecule has 4 N–H and O–H groups in total. The van der Waals surface area contributed by atoms with Gasteiger partial charge in [0.05, 0.1) is 17.4 Å². The Morgan fingerprint density at radius 2 is 1.85 bits per heavy atom. The summed E-state index contributed by atoms with van der Waals surface area (Å²) in [6.07, 6.45) is -5.44. The van der Waals surface area contributed by atoms with Crippen LogP contribution in [0.15, 0.2) is 12.3 Å². The molecule has 1 rings (SSSR count). The standard InChI is InChI=1S/C14H13ClF3N3O6/c15-4-9(22)20-6-3-7(14(16,17)18)11(19-5-6)12(25)21-8(13(26)27)1-2-10(23)24/h3,5,8H,1-2,4H2,(H,20,22)(H,21,25)(H,23,24)(H,26,27)/t8-/m0/s1. The fraction of sp³-hybridized carbons (Fsp3) is 0.357. The summed E-state index contributed by atoms with van der Waals surface area (Å²) in [4.78, 5) is 48.1. The van der Waals surface area contributed by atoms with Crippen LogP contribution in [-0.4, -0.2) is 50.9 Å². The summed E-state index contributed by atoms with van der Waals surface area (Å²) in [6.45, 7) is 0. The fourth-order valence-electron chi connectivity index (χ4n) is 1.88. The van der Waals surface area contributed by atoms with E-state index in [0.717, 1.165) is 6.20 Å². The Bertz CT molecular complexity index is 756. The molecule has 0 unspecified atom stereocenters. The van der Waals surface area contributed by atoms with Crippen LogP contribution in [0.25, 0.3) is 0 Å². The molecule has 13 heteroatoms. The van der Waals surface area contributed by atoms with Gasteiger partial charge in [-0.3, -0.25) is 14.4 Å². The number of amides is 2. The molecule has 0 aliphatic rings. The number of nitrogens with one attached hydrogen (secondary N) is 2. The van der Waals surface area contributed by atoms with E-state index < -0.39 is 66.0 Å². The van der Waals surface area contributed by atoms with Crippen LogP contribution in [0.4, 0.5) is 18.9 Å². The minimum Gasteiger partial charge on any atom is -0.481 e. The third kappa shape index (κ3) is 6.73. The summed E-state index contributed by atoms with van der Waals surface area (Å²) in [5.41, 5.74) is -3.02. The first-order valence-corrected chi connectivity index (χ1v) is 7.67. The number of aromatic nitrogens is 1. The van der Waals surface area contributed by atoms with Gasteiger partial charge in [0.15, 0.2) is 0 Å². The van der Waals surface area contributed by atoms with Crippen molar-refractivity contribution in [3.05, 3.63) is 23.5 Å². The number of carboxylic acid groups (broad SMARTS) is 2. The van der Waals surface area contributed by atoms with Gasteiger partial charge in [0, 0.05) is 6.42 Å². The Hall–Kier alpha value is -2.89. The number of hydrogen-bond acceptors (Lipinski definition) is 5. The van der Waals surface area contributed by atoms with Gasteiger partial charge in [0.1, 0.15) is 17.6 Å². The predicted octanol–water partition coefficient (Wildman–Crippen LogP) is 1.33. The molecule has 0 saturated heterocycles. The Balaban J connectivity index is 3.15. The van der Waals surface area contributed by atoms with Crippen LogP contribution in [-0.2, 0) is 20.6 Å². The van der Waals surface area contributed by atoms with Gasteiger partial charge in [0.2, 0.25) is 5.91 Å². The maximum atomic E-state index is 13.2. The van der Waals surface area contributed by atoms with E-state index in [0.29, 0.717) is 6.07 Å². The first-order chi connectivity index (χ1) is 12.5. The summed E-state index contributed by atoms with van der Waals surface area (Å²) in [5.74, 6) is -5.75. The van der Waals surface area contributed by atoms with Crippen molar-refractivity contribution in [2.45, 2.75) is 25.1 Å². The van der Waals surface area contributed by atoms with E-state index in [1.165, 1.54) is 0 Å². The van der Waals surface area contributed by atoms with Crippen molar-refractivity contribution in [1.82, 2.24) is 10.3 Å². The lowest BCUT2D eigenvalue weighted by Gasteiger charge is -2.17. The number of anilines is 1. The van der Waals surface area contributed by atoms with Crippen LogP contribution in [0.2, 0.25) is 0 Å². The number of carbonyl (C=O) groups excluding carboxylic acids is 2. The lowest BCUT2D eigenvalue weighted by atomic mass is 10.1. The van der Waals surface area contributed by atoms with Gasteiger partial charge < -0.3 is 20.8 Å². The molecule has 0 fully saturated rings. The van der Waals surface area contributed by atoms with Crippen LogP contribution in [0.1, 0.15) is 28.9 Å². The molecule has 0 radical (unpaired) electrons. The number of carbonyl (C=O) groups is 4. The van der Waals surface area contributed by atoms with Crippen LogP contribution in [0.3, 0.4) is 0 Å².